The van der Waals surface area contributed by atoms with Crippen LogP contribution in [-0.2, 0) is 10.2 Å². The molecule has 0 spiro atoms. The van der Waals surface area contributed by atoms with Gasteiger partial charge in [-0.15, -0.1) is 0 Å². The topological polar surface area (TPSA) is 26.3 Å². The zero-order chi connectivity index (χ0) is 13.4. The smallest absolute Gasteiger partial charge is 0.194 e. The van der Waals surface area contributed by atoms with Gasteiger partial charge in [-0.1, -0.05) is 45.0 Å². The van der Waals surface area contributed by atoms with E-state index < -0.39 is 5.60 Å². The number of ketones is 1. The van der Waals surface area contributed by atoms with Gasteiger partial charge >= 0.3 is 0 Å². The first kappa shape index (κ1) is 13.3. The summed E-state index contributed by atoms with van der Waals surface area (Å²) in [6.45, 7) is 6.52. The number of carbonyl (C=O) groups excluding carboxylic acids is 1. The van der Waals surface area contributed by atoms with Gasteiger partial charge in [-0.25, -0.2) is 0 Å². The van der Waals surface area contributed by atoms with E-state index >= 15 is 0 Å². The maximum absolute atomic E-state index is 12.4. The molecule has 0 N–H and O–H groups in total. The van der Waals surface area contributed by atoms with Crippen LogP contribution in [0, 0.1) is 0 Å². The van der Waals surface area contributed by atoms with Crippen molar-refractivity contribution in [2.24, 2.45) is 0 Å². The standard InChI is InChI=1S/C16H22O2/c1-15(2,3)13-8-6-12(7-9-13)14(17)16(18-4)10-5-11-16/h6-9H,5,10-11H2,1-4H3. The summed E-state index contributed by atoms with van der Waals surface area (Å²) >= 11 is 0. The van der Waals surface area contributed by atoms with E-state index in [-0.39, 0.29) is 11.2 Å². The predicted molar refractivity (Wildman–Crippen MR) is 73.1 cm³/mol. The molecule has 0 radical (unpaired) electrons. The van der Waals surface area contributed by atoms with Crippen molar-refractivity contribution in [1.82, 2.24) is 0 Å². The number of rotatable bonds is 3. The Labute approximate surface area is 109 Å². The molecule has 1 aliphatic carbocycles. The molecule has 98 valence electrons. The molecule has 1 fully saturated rings. The van der Waals surface area contributed by atoms with Gasteiger partial charge in [0, 0.05) is 12.7 Å². The third-order valence-electron chi connectivity index (χ3n) is 3.98. The van der Waals surface area contributed by atoms with E-state index in [2.05, 4.69) is 32.9 Å². The van der Waals surface area contributed by atoms with Crippen LogP contribution in [-0.4, -0.2) is 18.5 Å². The molecule has 0 amide bonds. The molecular weight excluding hydrogens is 224 g/mol. The zero-order valence-corrected chi connectivity index (χ0v) is 11.7. The molecule has 2 nitrogen and oxygen atoms in total. The van der Waals surface area contributed by atoms with Crippen LogP contribution in [0.2, 0.25) is 0 Å². The lowest BCUT2D eigenvalue weighted by molar-refractivity contribution is -0.0448. The van der Waals surface area contributed by atoms with Crippen molar-refractivity contribution in [2.45, 2.75) is 51.0 Å². The highest BCUT2D eigenvalue weighted by Gasteiger charge is 2.44. The van der Waals surface area contributed by atoms with Gasteiger partial charge in [0.15, 0.2) is 5.78 Å². The molecule has 0 aromatic heterocycles. The Morgan fingerprint density at radius 2 is 1.72 bits per heavy atom. The first-order valence-corrected chi connectivity index (χ1v) is 6.59. The monoisotopic (exact) mass is 246 g/mol. The number of Topliss-reactive ketones (excluding diaryl/α,β-unsaturated/α-hetero) is 1. The maximum Gasteiger partial charge on any atom is 0.194 e. The molecule has 2 rings (SSSR count). The van der Waals surface area contributed by atoms with Crippen LogP contribution in [0.25, 0.3) is 0 Å². The van der Waals surface area contributed by atoms with Gasteiger partial charge < -0.3 is 4.74 Å². The van der Waals surface area contributed by atoms with Crippen molar-refractivity contribution in [3.63, 3.8) is 0 Å². The number of carbonyl (C=O) groups is 1. The van der Waals surface area contributed by atoms with Crippen molar-refractivity contribution >= 4 is 5.78 Å². The molecule has 1 aromatic rings. The molecule has 0 unspecified atom stereocenters. The van der Waals surface area contributed by atoms with Crippen molar-refractivity contribution in [3.8, 4) is 0 Å². The van der Waals surface area contributed by atoms with E-state index in [9.17, 15) is 4.79 Å². The van der Waals surface area contributed by atoms with Crippen LogP contribution < -0.4 is 0 Å². The van der Waals surface area contributed by atoms with Gasteiger partial charge in [0.1, 0.15) is 5.60 Å². The molecule has 0 atom stereocenters. The Kier molecular flexibility index (Phi) is 3.33. The number of hydrogen-bond acceptors (Lipinski definition) is 2. The van der Waals surface area contributed by atoms with E-state index in [0.29, 0.717) is 0 Å². The fraction of sp³-hybridized carbons (Fsp3) is 0.562. The Balaban J connectivity index is 2.22. The minimum absolute atomic E-state index is 0.122. The van der Waals surface area contributed by atoms with Crippen molar-refractivity contribution in [1.29, 1.82) is 0 Å². The summed E-state index contributed by atoms with van der Waals surface area (Å²) in [6, 6.07) is 7.97. The van der Waals surface area contributed by atoms with Crippen LogP contribution >= 0.6 is 0 Å². The summed E-state index contributed by atoms with van der Waals surface area (Å²) in [5.74, 6) is 0.136. The molecule has 2 heteroatoms. The van der Waals surface area contributed by atoms with Crippen LogP contribution in [0.15, 0.2) is 24.3 Å². The van der Waals surface area contributed by atoms with Gasteiger partial charge in [0.25, 0.3) is 0 Å². The SMILES string of the molecule is COC1(C(=O)c2ccc(C(C)(C)C)cc2)CCC1. The molecule has 0 aliphatic heterocycles. The van der Waals surface area contributed by atoms with Gasteiger partial charge in [0.2, 0.25) is 0 Å². The fourth-order valence-electron chi connectivity index (χ4n) is 2.41. The van der Waals surface area contributed by atoms with Gasteiger partial charge in [-0.3, -0.25) is 4.79 Å². The summed E-state index contributed by atoms with van der Waals surface area (Å²) < 4.78 is 5.44. The second kappa shape index (κ2) is 4.51. The van der Waals surface area contributed by atoms with Crippen LogP contribution in [0.5, 0.6) is 0 Å². The molecule has 18 heavy (non-hydrogen) atoms. The van der Waals surface area contributed by atoms with Gasteiger partial charge in [0.05, 0.1) is 0 Å². The van der Waals surface area contributed by atoms with E-state index in [1.54, 1.807) is 7.11 Å². The zero-order valence-electron chi connectivity index (χ0n) is 11.7. The first-order valence-electron chi connectivity index (χ1n) is 6.59. The van der Waals surface area contributed by atoms with E-state index in [4.69, 9.17) is 4.74 Å². The van der Waals surface area contributed by atoms with Gasteiger partial charge in [-0.2, -0.15) is 0 Å². The van der Waals surface area contributed by atoms with E-state index in [1.165, 1.54) is 5.56 Å². The summed E-state index contributed by atoms with van der Waals surface area (Å²) in [5, 5.41) is 0. The number of hydrogen-bond donors (Lipinski definition) is 0. The van der Waals surface area contributed by atoms with Crippen molar-refractivity contribution in [2.75, 3.05) is 7.11 Å². The molecule has 0 heterocycles. The Morgan fingerprint density at radius 1 is 1.17 bits per heavy atom. The molecule has 0 saturated heterocycles. The highest BCUT2D eigenvalue weighted by atomic mass is 16.5. The summed E-state index contributed by atoms with van der Waals surface area (Å²) in [5.41, 5.74) is 1.60. The van der Waals surface area contributed by atoms with E-state index in [0.717, 1.165) is 24.8 Å². The average molecular weight is 246 g/mol. The van der Waals surface area contributed by atoms with Crippen molar-refractivity contribution < 1.29 is 9.53 Å². The summed E-state index contributed by atoms with van der Waals surface area (Å²) in [7, 11) is 1.64. The predicted octanol–water partition coefficient (Wildman–Crippen LogP) is 3.74. The highest BCUT2D eigenvalue weighted by molar-refractivity contribution is 6.03. The van der Waals surface area contributed by atoms with Crippen LogP contribution in [0.4, 0.5) is 0 Å². The van der Waals surface area contributed by atoms with Gasteiger partial charge in [-0.05, 0) is 30.2 Å². The second-order valence-electron chi connectivity index (χ2n) is 6.21. The summed E-state index contributed by atoms with van der Waals surface area (Å²) in [6.07, 6.45) is 2.78. The Hall–Kier alpha value is -1.15. The number of benzene rings is 1. The summed E-state index contributed by atoms with van der Waals surface area (Å²) in [4.78, 5) is 12.4. The molecule has 1 saturated carbocycles. The Morgan fingerprint density at radius 3 is 2.06 bits per heavy atom. The first-order chi connectivity index (χ1) is 8.39. The average Bonchev–Trinajstić information content (AvgIpc) is 2.27. The lowest BCUT2D eigenvalue weighted by Crippen LogP contribution is -2.47. The third kappa shape index (κ3) is 2.22. The highest BCUT2D eigenvalue weighted by Crippen LogP contribution is 2.38. The number of ether oxygens (including phenoxy) is 1. The minimum atomic E-state index is -0.538. The fourth-order valence-corrected chi connectivity index (χ4v) is 2.41. The lowest BCUT2D eigenvalue weighted by Gasteiger charge is -2.38. The molecule has 0 bridgehead atoms. The molecule has 1 aliphatic rings. The Bertz CT molecular complexity index is 428. The lowest BCUT2D eigenvalue weighted by atomic mass is 9.74. The third-order valence-corrected chi connectivity index (χ3v) is 3.98. The van der Waals surface area contributed by atoms with Crippen molar-refractivity contribution in [3.05, 3.63) is 35.4 Å². The second-order valence-corrected chi connectivity index (χ2v) is 6.21. The van der Waals surface area contributed by atoms with E-state index in [1.807, 2.05) is 12.1 Å². The number of methoxy groups -OCH3 is 1. The maximum atomic E-state index is 12.4. The molecular formula is C16H22O2. The van der Waals surface area contributed by atoms with Crippen LogP contribution in [0.1, 0.15) is 56.0 Å². The van der Waals surface area contributed by atoms with Crippen LogP contribution in [0.3, 0.4) is 0 Å². The largest absolute Gasteiger partial charge is 0.370 e. The quantitative estimate of drug-likeness (QED) is 0.759. The minimum Gasteiger partial charge on any atom is -0.370 e. The normalized spacial score (nSPS) is 18.2. The molecule has 1 aromatic carbocycles.